The van der Waals surface area contributed by atoms with E-state index in [0.29, 0.717) is 18.7 Å². The minimum Gasteiger partial charge on any atom is -0.508 e. The number of nitrogens with zero attached hydrogens (tertiary/aromatic N) is 2. The number of rotatable bonds is 2. The quantitative estimate of drug-likeness (QED) is 0.864. The molecule has 0 saturated carbocycles. The molecule has 0 spiro atoms. The maximum atomic E-state index is 12.8. The predicted octanol–water partition coefficient (Wildman–Crippen LogP) is 3.11. The molecule has 0 aliphatic carbocycles. The van der Waals surface area contributed by atoms with Gasteiger partial charge in [0.2, 0.25) is 0 Å². The summed E-state index contributed by atoms with van der Waals surface area (Å²) in [5.41, 5.74) is 1.64. The molecule has 2 aliphatic rings. The van der Waals surface area contributed by atoms with E-state index in [-0.39, 0.29) is 23.6 Å². The van der Waals surface area contributed by atoms with Crippen molar-refractivity contribution in [2.24, 2.45) is 0 Å². The molecular weight excluding hydrogens is 304 g/mol. The smallest absolute Gasteiger partial charge is 0.332 e. The van der Waals surface area contributed by atoms with E-state index in [0.717, 1.165) is 6.42 Å². The molecule has 122 valence electrons. The molecule has 2 aromatic carbocycles. The van der Waals surface area contributed by atoms with Crippen LogP contribution in [0.15, 0.2) is 54.6 Å². The van der Waals surface area contributed by atoms with Crippen LogP contribution in [0.5, 0.6) is 5.75 Å². The third-order valence-corrected chi connectivity index (χ3v) is 4.90. The van der Waals surface area contributed by atoms with E-state index in [1.165, 1.54) is 22.6 Å². The minimum atomic E-state index is -0.418. The molecule has 2 aromatic rings. The van der Waals surface area contributed by atoms with Crippen molar-refractivity contribution in [3.63, 3.8) is 0 Å². The van der Waals surface area contributed by atoms with Crippen LogP contribution in [-0.4, -0.2) is 34.5 Å². The zero-order chi connectivity index (χ0) is 16.7. The van der Waals surface area contributed by atoms with Gasteiger partial charge in [-0.05, 0) is 36.5 Å². The van der Waals surface area contributed by atoms with Crippen LogP contribution in [0.25, 0.3) is 0 Å². The maximum absolute atomic E-state index is 12.8. The maximum Gasteiger partial charge on any atom is 0.332 e. The summed E-state index contributed by atoms with van der Waals surface area (Å²) in [5, 5.41) is 9.63. The van der Waals surface area contributed by atoms with Gasteiger partial charge in [-0.25, -0.2) is 9.69 Å². The Hall–Kier alpha value is -2.82. The number of carbonyl (C=O) groups is 2. The second-order valence-corrected chi connectivity index (χ2v) is 6.32. The summed E-state index contributed by atoms with van der Waals surface area (Å²) in [6, 6.07) is 15.7. The number of urea groups is 1. The number of amides is 3. The highest BCUT2D eigenvalue weighted by molar-refractivity contribution is 6.21. The number of hydrogen-bond donors (Lipinski definition) is 1. The second kappa shape index (κ2) is 5.67. The van der Waals surface area contributed by atoms with Crippen molar-refractivity contribution >= 4 is 17.6 Å². The Labute approximate surface area is 140 Å². The third kappa shape index (κ3) is 2.33. The second-order valence-electron chi connectivity index (χ2n) is 6.32. The van der Waals surface area contributed by atoms with E-state index in [1.54, 1.807) is 17.0 Å². The predicted molar refractivity (Wildman–Crippen MR) is 89.9 cm³/mol. The molecule has 2 unspecified atom stereocenters. The molecule has 24 heavy (non-hydrogen) atoms. The number of hydrogen-bond acceptors (Lipinski definition) is 3. The number of phenolic OH excluding ortho intramolecular Hbond substituents is 1. The van der Waals surface area contributed by atoms with Gasteiger partial charge < -0.3 is 10.0 Å². The lowest BCUT2D eigenvalue weighted by atomic mass is 9.86. The summed E-state index contributed by atoms with van der Waals surface area (Å²) >= 11 is 0. The number of benzene rings is 2. The van der Waals surface area contributed by atoms with Gasteiger partial charge in [0, 0.05) is 12.6 Å². The highest BCUT2D eigenvalue weighted by Crippen LogP contribution is 2.37. The standard InChI is InChI=1S/C19H18N2O3/c22-16-8-4-7-15(12-16)21-18(23)17-11-14(9-10-20(17)19(21)24)13-5-2-1-3-6-13/h1-8,12,14,17,22H,9-11H2. The Bertz CT molecular complexity index is 790. The Kier molecular flexibility index (Phi) is 3.49. The van der Waals surface area contributed by atoms with Crippen LogP contribution in [0.2, 0.25) is 0 Å². The van der Waals surface area contributed by atoms with Gasteiger partial charge in [-0.3, -0.25) is 4.79 Å². The minimum absolute atomic E-state index is 0.0418. The van der Waals surface area contributed by atoms with Gasteiger partial charge >= 0.3 is 6.03 Å². The van der Waals surface area contributed by atoms with Gasteiger partial charge in [-0.1, -0.05) is 36.4 Å². The first-order valence-electron chi connectivity index (χ1n) is 8.13. The van der Waals surface area contributed by atoms with Crippen molar-refractivity contribution in [2.45, 2.75) is 24.8 Å². The molecule has 2 saturated heterocycles. The Morgan fingerprint density at radius 2 is 1.79 bits per heavy atom. The summed E-state index contributed by atoms with van der Waals surface area (Å²) in [6.07, 6.45) is 1.50. The van der Waals surface area contributed by atoms with Gasteiger partial charge in [0.05, 0.1) is 5.69 Å². The molecule has 2 atom stereocenters. The van der Waals surface area contributed by atoms with Crippen molar-refractivity contribution < 1.29 is 14.7 Å². The van der Waals surface area contributed by atoms with Crippen molar-refractivity contribution in [1.29, 1.82) is 0 Å². The molecule has 0 aromatic heterocycles. The van der Waals surface area contributed by atoms with Gasteiger partial charge in [0.25, 0.3) is 5.91 Å². The monoisotopic (exact) mass is 322 g/mol. The number of anilines is 1. The number of aromatic hydroxyl groups is 1. The summed E-state index contributed by atoms with van der Waals surface area (Å²) in [7, 11) is 0. The molecule has 0 bridgehead atoms. The molecule has 5 heteroatoms. The summed E-state index contributed by atoms with van der Waals surface area (Å²) in [4.78, 5) is 28.3. The molecule has 3 amide bonds. The SMILES string of the molecule is O=C1C2CC(c3ccccc3)CCN2C(=O)N1c1cccc(O)c1. The van der Waals surface area contributed by atoms with Gasteiger partial charge in [0.1, 0.15) is 11.8 Å². The molecule has 2 aliphatic heterocycles. The topological polar surface area (TPSA) is 60.9 Å². The lowest BCUT2D eigenvalue weighted by Crippen LogP contribution is -2.41. The van der Waals surface area contributed by atoms with Crippen LogP contribution in [0.4, 0.5) is 10.5 Å². The van der Waals surface area contributed by atoms with E-state index in [9.17, 15) is 14.7 Å². The number of fused-ring (bicyclic) bond motifs is 1. The Morgan fingerprint density at radius 3 is 2.54 bits per heavy atom. The van der Waals surface area contributed by atoms with E-state index in [4.69, 9.17) is 0 Å². The van der Waals surface area contributed by atoms with Crippen LogP contribution in [0, 0.1) is 0 Å². The number of phenols is 1. The third-order valence-electron chi connectivity index (χ3n) is 4.90. The average Bonchev–Trinajstić information content (AvgIpc) is 2.86. The Morgan fingerprint density at radius 1 is 1.00 bits per heavy atom. The van der Waals surface area contributed by atoms with Crippen molar-refractivity contribution in [2.75, 3.05) is 11.4 Å². The van der Waals surface area contributed by atoms with Crippen LogP contribution < -0.4 is 4.90 Å². The van der Waals surface area contributed by atoms with Crippen LogP contribution >= 0.6 is 0 Å². The zero-order valence-corrected chi connectivity index (χ0v) is 13.1. The fraction of sp³-hybridized carbons (Fsp3) is 0.263. The van der Waals surface area contributed by atoms with Crippen molar-refractivity contribution in [3.05, 3.63) is 60.2 Å². The fourth-order valence-corrected chi connectivity index (χ4v) is 3.70. The largest absolute Gasteiger partial charge is 0.508 e. The van der Waals surface area contributed by atoms with Crippen molar-refractivity contribution in [1.82, 2.24) is 4.90 Å². The van der Waals surface area contributed by atoms with Crippen LogP contribution in [0.1, 0.15) is 24.3 Å². The first-order chi connectivity index (χ1) is 11.6. The lowest BCUT2D eigenvalue weighted by molar-refractivity contribution is -0.120. The van der Waals surface area contributed by atoms with Crippen LogP contribution in [0.3, 0.4) is 0 Å². The average molecular weight is 322 g/mol. The van der Waals surface area contributed by atoms with Gasteiger partial charge in [-0.2, -0.15) is 0 Å². The first-order valence-corrected chi connectivity index (χ1v) is 8.13. The normalized spacial score (nSPS) is 23.5. The molecule has 4 rings (SSSR count). The summed E-state index contributed by atoms with van der Waals surface area (Å²) < 4.78 is 0. The van der Waals surface area contributed by atoms with Crippen LogP contribution in [-0.2, 0) is 4.79 Å². The number of imide groups is 1. The van der Waals surface area contributed by atoms with Gasteiger partial charge in [-0.15, -0.1) is 0 Å². The zero-order valence-electron chi connectivity index (χ0n) is 13.1. The highest BCUT2D eigenvalue weighted by atomic mass is 16.3. The van der Waals surface area contributed by atoms with Crippen molar-refractivity contribution in [3.8, 4) is 5.75 Å². The summed E-state index contributed by atoms with van der Waals surface area (Å²) in [5.74, 6) is 0.125. The van der Waals surface area contributed by atoms with E-state index < -0.39 is 6.04 Å². The molecular formula is C19H18N2O3. The highest BCUT2D eigenvalue weighted by Gasteiger charge is 2.48. The van der Waals surface area contributed by atoms with E-state index in [2.05, 4.69) is 12.1 Å². The molecule has 2 fully saturated rings. The molecule has 5 nitrogen and oxygen atoms in total. The molecule has 2 heterocycles. The summed E-state index contributed by atoms with van der Waals surface area (Å²) in [6.45, 7) is 0.574. The lowest BCUT2D eigenvalue weighted by Gasteiger charge is -2.32. The Balaban J connectivity index is 1.61. The number of piperidine rings is 1. The fourth-order valence-electron chi connectivity index (χ4n) is 3.70. The first kappa shape index (κ1) is 14.8. The van der Waals surface area contributed by atoms with Gasteiger partial charge in [0.15, 0.2) is 0 Å². The molecule has 1 N–H and O–H groups in total. The van der Waals surface area contributed by atoms with E-state index >= 15 is 0 Å². The molecule has 0 radical (unpaired) electrons. The van der Waals surface area contributed by atoms with E-state index in [1.807, 2.05) is 18.2 Å². The number of carbonyl (C=O) groups excluding carboxylic acids is 2.